The summed E-state index contributed by atoms with van der Waals surface area (Å²) in [5.74, 6) is 0.822. The quantitative estimate of drug-likeness (QED) is 0.695. The minimum atomic E-state index is -0.0414. The third-order valence-electron chi connectivity index (χ3n) is 3.88. The first kappa shape index (κ1) is 12.4. The number of piperazine rings is 1. The van der Waals surface area contributed by atoms with E-state index in [1.165, 1.54) is 0 Å². The van der Waals surface area contributed by atoms with Gasteiger partial charge < -0.3 is 16.0 Å². The van der Waals surface area contributed by atoms with E-state index in [0.717, 1.165) is 32.2 Å². The van der Waals surface area contributed by atoms with Gasteiger partial charge in [0.2, 0.25) is 11.8 Å². The van der Waals surface area contributed by atoms with E-state index in [4.69, 9.17) is 5.73 Å². The smallest absolute Gasteiger partial charge is 0.239 e. The van der Waals surface area contributed by atoms with Gasteiger partial charge in [-0.1, -0.05) is 0 Å². The zero-order valence-electron chi connectivity index (χ0n) is 10.2. The van der Waals surface area contributed by atoms with Crippen LogP contribution in [0.1, 0.15) is 25.7 Å². The predicted molar refractivity (Wildman–Crippen MR) is 64.1 cm³/mol. The van der Waals surface area contributed by atoms with Crippen LogP contribution in [0.5, 0.6) is 0 Å². The van der Waals surface area contributed by atoms with Gasteiger partial charge in [-0.2, -0.15) is 0 Å². The minimum absolute atomic E-state index is 0.0414. The minimum Gasteiger partial charge on any atom is -0.353 e. The van der Waals surface area contributed by atoms with Gasteiger partial charge in [0.1, 0.15) is 0 Å². The van der Waals surface area contributed by atoms with E-state index in [1.54, 1.807) is 4.90 Å². The SMILES string of the molecule is NCC1CCC(C(=O)N2CCNC(=O)C2)CC1. The molecule has 3 N–H and O–H groups in total. The molecule has 2 fully saturated rings. The van der Waals surface area contributed by atoms with Crippen LogP contribution in [0.2, 0.25) is 0 Å². The number of nitrogens with one attached hydrogen (secondary N) is 1. The number of amides is 2. The predicted octanol–water partition coefficient (Wildman–Crippen LogP) is -0.290. The van der Waals surface area contributed by atoms with Gasteiger partial charge in [0.05, 0.1) is 6.54 Å². The van der Waals surface area contributed by atoms with Crippen LogP contribution in [-0.4, -0.2) is 42.9 Å². The summed E-state index contributed by atoms with van der Waals surface area (Å²) in [5.41, 5.74) is 5.64. The lowest BCUT2D eigenvalue weighted by Gasteiger charge is -2.33. The lowest BCUT2D eigenvalue weighted by Crippen LogP contribution is -2.51. The van der Waals surface area contributed by atoms with Crippen molar-refractivity contribution in [1.82, 2.24) is 10.2 Å². The van der Waals surface area contributed by atoms with Gasteiger partial charge in [0.25, 0.3) is 0 Å². The van der Waals surface area contributed by atoms with Crippen molar-refractivity contribution in [2.45, 2.75) is 25.7 Å². The molecule has 0 unspecified atom stereocenters. The van der Waals surface area contributed by atoms with Crippen molar-refractivity contribution >= 4 is 11.8 Å². The van der Waals surface area contributed by atoms with Crippen molar-refractivity contribution in [2.24, 2.45) is 17.6 Å². The van der Waals surface area contributed by atoms with E-state index in [9.17, 15) is 9.59 Å². The lowest BCUT2D eigenvalue weighted by molar-refractivity contribution is -0.142. The summed E-state index contributed by atoms with van der Waals surface area (Å²) in [5, 5.41) is 2.74. The Morgan fingerprint density at radius 2 is 2.06 bits per heavy atom. The third-order valence-corrected chi connectivity index (χ3v) is 3.88. The molecule has 0 radical (unpaired) electrons. The number of nitrogens with zero attached hydrogens (tertiary/aromatic N) is 1. The molecule has 0 aromatic heterocycles. The third kappa shape index (κ3) is 2.97. The monoisotopic (exact) mass is 239 g/mol. The van der Waals surface area contributed by atoms with Gasteiger partial charge in [-0.05, 0) is 38.1 Å². The Balaban J connectivity index is 1.85. The van der Waals surface area contributed by atoms with Crippen LogP contribution < -0.4 is 11.1 Å². The van der Waals surface area contributed by atoms with Crippen LogP contribution in [0.3, 0.4) is 0 Å². The Labute approximate surface area is 102 Å². The van der Waals surface area contributed by atoms with Crippen molar-refractivity contribution in [1.29, 1.82) is 0 Å². The fourth-order valence-electron chi connectivity index (χ4n) is 2.73. The second-order valence-electron chi connectivity index (χ2n) is 5.06. The molecule has 0 aromatic carbocycles. The van der Waals surface area contributed by atoms with E-state index in [-0.39, 0.29) is 24.3 Å². The molecule has 2 aliphatic rings. The van der Waals surface area contributed by atoms with Crippen molar-refractivity contribution in [3.63, 3.8) is 0 Å². The largest absolute Gasteiger partial charge is 0.353 e. The first-order valence-corrected chi connectivity index (χ1v) is 6.46. The molecule has 1 heterocycles. The molecule has 1 saturated carbocycles. The van der Waals surface area contributed by atoms with Gasteiger partial charge in [-0.15, -0.1) is 0 Å². The highest BCUT2D eigenvalue weighted by molar-refractivity contribution is 5.87. The maximum absolute atomic E-state index is 12.2. The van der Waals surface area contributed by atoms with Crippen LogP contribution in [0.15, 0.2) is 0 Å². The lowest BCUT2D eigenvalue weighted by atomic mass is 9.81. The second kappa shape index (κ2) is 5.49. The van der Waals surface area contributed by atoms with Crippen molar-refractivity contribution in [3.05, 3.63) is 0 Å². The summed E-state index contributed by atoms with van der Waals surface area (Å²) in [6.07, 6.45) is 3.96. The molecule has 2 rings (SSSR count). The fraction of sp³-hybridized carbons (Fsp3) is 0.833. The average molecular weight is 239 g/mol. The van der Waals surface area contributed by atoms with Crippen molar-refractivity contribution < 1.29 is 9.59 Å². The van der Waals surface area contributed by atoms with E-state index >= 15 is 0 Å². The number of hydrogen-bond donors (Lipinski definition) is 2. The van der Waals surface area contributed by atoms with Gasteiger partial charge in [-0.3, -0.25) is 9.59 Å². The highest BCUT2D eigenvalue weighted by atomic mass is 16.2. The van der Waals surface area contributed by atoms with E-state index in [0.29, 0.717) is 19.0 Å². The molecular weight excluding hydrogens is 218 g/mol. The van der Waals surface area contributed by atoms with Crippen LogP contribution in [0.4, 0.5) is 0 Å². The Hall–Kier alpha value is -1.10. The molecule has 1 saturated heterocycles. The number of nitrogens with two attached hydrogens (primary N) is 1. The van der Waals surface area contributed by atoms with Crippen LogP contribution >= 0.6 is 0 Å². The van der Waals surface area contributed by atoms with Crippen molar-refractivity contribution in [3.8, 4) is 0 Å². The van der Waals surface area contributed by atoms with Gasteiger partial charge in [0.15, 0.2) is 0 Å². The molecule has 1 aliphatic carbocycles. The summed E-state index contributed by atoms with van der Waals surface area (Å²) in [6, 6.07) is 0. The maximum atomic E-state index is 12.2. The normalized spacial score (nSPS) is 29.9. The topological polar surface area (TPSA) is 75.4 Å². The van der Waals surface area contributed by atoms with Crippen LogP contribution in [0.25, 0.3) is 0 Å². The number of carbonyl (C=O) groups is 2. The first-order chi connectivity index (χ1) is 8.20. The maximum Gasteiger partial charge on any atom is 0.239 e. The highest BCUT2D eigenvalue weighted by Crippen LogP contribution is 2.29. The molecule has 0 aromatic rings. The van der Waals surface area contributed by atoms with Crippen LogP contribution in [-0.2, 0) is 9.59 Å². The highest BCUT2D eigenvalue weighted by Gasteiger charge is 2.30. The Bertz CT molecular complexity index is 298. The van der Waals surface area contributed by atoms with Crippen LogP contribution in [0, 0.1) is 11.8 Å². The zero-order chi connectivity index (χ0) is 12.3. The van der Waals surface area contributed by atoms with Gasteiger partial charge >= 0.3 is 0 Å². The molecule has 17 heavy (non-hydrogen) atoms. The molecule has 2 amide bonds. The molecular formula is C12H21N3O2. The summed E-state index contributed by atoms with van der Waals surface area (Å²) in [4.78, 5) is 25.1. The molecule has 0 atom stereocenters. The molecule has 96 valence electrons. The van der Waals surface area contributed by atoms with Gasteiger partial charge in [0, 0.05) is 19.0 Å². The van der Waals surface area contributed by atoms with E-state index in [2.05, 4.69) is 5.32 Å². The van der Waals surface area contributed by atoms with E-state index in [1.807, 2.05) is 0 Å². The Morgan fingerprint density at radius 3 is 2.65 bits per heavy atom. The molecule has 1 aliphatic heterocycles. The number of hydrogen-bond acceptors (Lipinski definition) is 3. The first-order valence-electron chi connectivity index (χ1n) is 6.46. The standard InChI is InChI=1S/C12H21N3O2/c13-7-9-1-3-10(4-2-9)12(17)15-6-5-14-11(16)8-15/h9-10H,1-8,13H2,(H,14,16). The molecule has 0 bridgehead atoms. The summed E-state index contributed by atoms with van der Waals surface area (Å²) < 4.78 is 0. The van der Waals surface area contributed by atoms with Gasteiger partial charge in [-0.25, -0.2) is 0 Å². The number of carbonyl (C=O) groups excluding carboxylic acids is 2. The second-order valence-corrected chi connectivity index (χ2v) is 5.06. The zero-order valence-corrected chi connectivity index (χ0v) is 10.2. The van der Waals surface area contributed by atoms with Crippen molar-refractivity contribution in [2.75, 3.05) is 26.2 Å². The van der Waals surface area contributed by atoms with E-state index < -0.39 is 0 Å². The Morgan fingerprint density at radius 1 is 1.35 bits per heavy atom. The fourth-order valence-corrected chi connectivity index (χ4v) is 2.73. The number of rotatable bonds is 2. The average Bonchev–Trinajstić information content (AvgIpc) is 2.38. The molecule has 5 heteroatoms. The molecule has 5 nitrogen and oxygen atoms in total. The summed E-state index contributed by atoms with van der Waals surface area (Å²) >= 11 is 0. The molecule has 0 spiro atoms. The Kier molecular flexibility index (Phi) is 3.99. The summed E-state index contributed by atoms with van der Waals surface area (Å²) in [6.45, 7) is 2.20. The summed E-state index contributed by atoms with van der Waals surface area (Å²) in [7, 11) is 0.